The number of nitriles is 1. The number of rotatable bonds is 5. The maximum absolute atomic E-state index is 12.1. The second-order valence-corrected chi connectivity index (χ2v) is 5.06. The van der Waals surface area contributed by atoms with Crippen LogP contribution in [0.3, 0.4) is 0 Å². The van der Waals surface area contributed by atoms with Crippen molar-refractivity contribution in [1.82, 2.24) is 0 Å². The van der Waals surface area contributed by atoms with Gasteiger partial charge in [-0.15, -0.1) is 0 Å². The summed E-state index contributed by atoms with van der Waals surface area (Å²) >= 11 is 0. The normalized spacial score (nSPS) is 11.7. The number of carbonyl (C=O) groups excluding carboxylic acids is 2. The maximum atomic E-state index is 12.1. The van der Waals surface area contributed by atoms with Crippen LogP contribution in [0.25, 0.3) is 6.08 Å². The van der Waals surface area contributed by atoms with E-state index < -0.39 is 17.6 Å². The lowest BCUT2D eigenvalue weighted by molar-refractivity contribution is -0.126. The van der Waals surface area contributed by atoms with Crippen LogP contribution in [0.4, 0.5) is 5.69 Å². The molecule has 1 N–H and O–H groups in total. The minimum absolute atomic E-state index is 0.541. The Kier molecular flexibility index (Phi) is 5.43. The summed E-state index contributed by atoms with van der Waals surface area (Å²) in [5.41, 5.74) is 2.44. The lowest BCUT2D eigenvalue weighted by Crippen LogP contribution is -2.27. The Hall–Kier alpha value is -3.19. The number of hydrogen-bond acceptors (Lipinski definition) is 3. The topological polar surface area (TPSA) is 70.0 Å². The predicted molar refractivity (Wildman–Crippen MR) is 89.4 cm³/mol. The molecule has 2 rings (SSSR count). The molecule has 4 nitrogen and oxygen atoms in total. The van der Waals surface area contributed by atoms with Gasteiger partial charge in [-0.2, -0.15) is 5.26 Å². The average Bonchev–Trinajstić information content (AvgIpc) is 2.57. The number of carbonyl (C=O) groups is 2. The van der Waals surface area contributed by atoms with E-state index >= 15 is 0 Å². The highest BCUT2D eigenvalue weighted by Gasteiger charge is 2.24. The van der Waals surface area contributed by atoms with Gasteiger partial charge in [0.25, 0.3) is 0 Å². The van der Waals surface area contributed by atoms with Gasteiger partial charge in [-0.25, -0.2) is 0 Å². The molecule has 0 unspecified atom stereocenters. The van der Waals surface area contributed by atoms with Gasteiger partial charge in [0.15, 0.2) is 11.7 Å². The fourth-order valence-electron chi connectivity index (χ4n) is 1.94. The molecule has 2 aromatic rings. The Morgan fingerprint density at radius 2 is 1.74 bits per heavy atom. The van der Waals surface area contributed by atoms with Crippen molar-refractivity contribution in [2.75, 3.05) is 5.32 Å². The molecule has 0 radical (unpaired) electrons. The third-order valence-corrected chi connectivity index (χ3v) is 3.23. The molecule has 2 aromatic carbocycles. The van der Waals surface area contributed by atoms with Crippen molar-refractivity contribution < 1.29 is 9.59 Å². The number of nitrogens with one attached hydrogen (secondary N) is 1. The van der Waals surface area contributed by atoms with E-state index in [1.54, 1.807) is 24.3 Å². The van der Waals surface area contributed by atoms with E-state index in [4.69, 9.17) is 5.26 Å². The van der Waals surface area contributed by atoms with E-state index in [0.717, 1.165) is 11.1 Å². The van der Waals surface area contributed by atoms with Crippen LogP contribution < -0.4 is 5.32 Å². The maximum Gasteiger partial charge on any atom is 0.249 e. The quantitative estimate of drug-likeness (QED) is 0.680. The van der Waals surface area contributed by atoms with Crippen molar-refractivity contribution in [3.05, 3.63) is 71.8 Å². The smallest absolute Gasteiger partial charge is 0.249 e. The standard InChI is InChI=1S/C19H16N2O2/c1-14-7-10-16(11-8-14)21-19(23)17(13-20)18(22)12-9-15-5-3-2-4-6-15/h2-12,17H,1H3,(H,21,23)/b12-9-/t17-/m1/s1. The van der Waals surface area contributed by atoms with Crippen molar-refractivity contribution in [2.24, 2.45) is 5.92 Å². The summed E-state index contributed by atoms with van der Waals surface area (Å²) in [6.07, 6.45) is 2.85. The molecule has 0 bridgehead atoms. The predicted octanol–water partition coefficient (Wildman–Crippen LogP) is 3.36. The Morgan fingerprint density at radius 1 is 1.09 bits per heavy atom. The van der Waals surface area contributed by atoms with E-state index in [1.165, 1.54) is 6.08 Å². The van der Waals surface area contributed by atoms with Crippen molar-refractivity contribution >= 4 is 23.5 Å². The molecule has 0 aliphatic carbocycles. The molecule has 1 amide bonds. The number of anilines is 1. The van der Waals surface area contributed by atoms with Crippen molar-refractivity contribution in [1.29, 1.82) is 5.26 Å². The van der Waals surface area contributed by atoms with E-state index in [2.05, 4.69) is 5.32 Å². The number of hydrogen-bond donors (Lipinski definition) is 1. The van der Waals surface area contributed by atoms with Gasteiger partial charge in [-0.1, -0.05) is 54.1 Å². The van der Waals surface area contributed by atoms with Crippen LogP contribution in [-0.4, -0.2) is 11.7 Å². The Bertz CT molecular complexity index is 756. The van der Waals surface area contributed by atoms with Crippen LogP contribution in [0.1, 0.15) is 11.1 Å². The highest BCUT2D eigenvalue weighted by molar-refractivity contribution is 6.14. The van der Waals surface area contributed by atoms with E-state index in [-0.39, 0.29) is 0 Å². The van der Waals surface area contributed by atoms with Crippen LogP contribution >= 0.6 is 0 Å². The van der Waals surface area contributed by atoms with Crippen LogP contribution in [0.2, 0.25) is 0 Å². The summed E-state index contributed by atoms with van der Waals surface area (Å²) in [5, 5.41) is 11.7. The van der Waals surface area contributed by atoms with Crippen molar-refractivity contribution in [3.63, 3.8) is 0 Å². The highest BCUT2D eigenvalue weighted by atomic mass is 16.2. The van der Waals surface area contributed by atoms with Crippen LogP contribution in [0.15, 0.2) is 60.7 Å². The summed E-state index contributed by atoms with van der Waals surface area (Å²) in [5.74, 6) is -2.53. The number of ketones is 1. The molecule has 0 aliphatic heterocycles. The minimum Gasteiger partial charge on any atom is -0.325 e. The minimum atomic E-state index is -1.36. The Morgan fingerprint density at radius 3 is 2.35 bits per heavy atom. The summed E-state index contributed by atoms with van der Waals surface area (Å²) in [6, 6.07) is 18.1. The zero-order chi connectivity index (χ0) is 16.7. The number of allylic oxidation sites excluding steroid dienone is 1. The molecule has 0 heterocycles. The molecule has 0 saturated carbocycles. The molecule has 114 valence electrons. The molecule has 0 fully saturated rings. The van der Waals surface area contributed by atoms with E-state index in [0.29, 0.717) is 5.69 Å². The van der Waals surface area contributed by atoms with Gasteiger partial charge in [-0.05, 0) is 30.7 Å². The second kappa shape index (κ2) is 7.71. The molecular formula is C19H16N2O2. The summed E-state index contributed by atoms with van der Waals surface area (Å²) in [7, 11) is 0. The number of nitrogens with zero attached hydrogens (tertiary/aromatic N) is 1. The largest absolute Gasteiger partial charge is 0.325 e. The van der Waals surface area contributed by atoms with Crippen LogP contribution in [0.5, 0.6) is 0 Å². The van der Waals surface area contributed by atoms with Crippen LogP contribution in [0, 0.1) is 24.2 Å². The van der Waals surface area contributed by atoms with Gasteiger partial charge < -0.3 is 5.32 Å². The number of benzene rings is 2. The molecule has 23 heavy (non-hydrogen) atoms. The van der Waals surface area contributed by atoms with Gasteiger partial charge in [0, 0.05) is 5.69 Å². The summed E-state index contributed by atoms with van der Waals surface area (Å²) in [4.78, 5) is 24.2. The first-order chi connectivity index (χ1) is 11.1. The van der Waals surface area contributed by atoms with E-state index in [1.807, 2.05) is 49.4 Å². The Labute approximate surface area is 135 Å². The van der Waals surface area contributed by atoms with E-state index in [9.17, 15) is 9.59 Å². The SMILES string of the molecule is Cc1ccc(NC(=O)[C@H](C#N)C(=O)/C=C\c2ccccc2)cc1. The van der Waals surface area contributed by atoms with Gasteiger partial charge in [0.05, 0.1) is 6.07 Å². The fraction of sp³-hybridized carbons (Fsp3) is 0.105. The fourth-order valence-corrected chi connectivity index (χ4v) is 1.94. The van der Waals surface area contributed by atoms with Gasteiger partial charge in [0.2, 0.25) is 5.91 Å². The zero-order valence-electron chi connectivity index (χ0n) is 12.7. The Balaban J connectivity index is 2.05. The first-order valence-corrected chi connectivity index (χ1v) is 7.14. The first kappa shape index (κ1) is 16.2. The zero-order valence-corrected chi connectivity index (χ0v) is 12.7. The second-order valence-electron chi connectivity index (χ2n) is 5.06. The third kappa shape index (κ3) is 4.65. The summed E-state index contributed by atoms with van der Waals surface area (Å²) in [6.45, 7) is 1.93. The molecule has 0 spiro atoms. The van der Waals surface area contributed by atoms with Crippen LogP contribution in [-0.2, 0) is 9.59 Å². The molecule has 0 aliphatic rings. The number of amides is 1. The van der Waals surface area contributed by atoms with Crippen molar-refractivity contribution in [2.45, 2.75) is 6.92 Å². The first-order valence-electron chi connectivity index (χ1n) is 7.14. The lowest BCUT2D eigenvalue weighted by atomic mass is 10.0. The molecule has 0 saturated heterocycles. The number of aryl methyl sites for hydroxylation is 1. The molecule has 1 atom stereocenters. The average molecular weight is 304 g/mol. The monoisotopic (exact) mass is 304 g/mol. The third-order valence-electron chi connectivity index (χ3n) is 3.23. The van der Waals surface area contributed by atoms with Crippen molar-refractivity contribution in [3.8, 4) is 6.07 Å². The van der Waals surface area contributed by atoms with Gasteiger partial charge in [-0.3, -0.25) is 9.59 Å². The summed E-state index contributed by atoms with van der Waals surface area (Å²) < 4.78 is 0. The van der Waals surface area contributed by atoms with Gasteiger partial charge in [0.1, 0.15) is 0 Å². The molecular weight excluding hydrogens is 288 g/mol. The lowest BCUT2D eigenvalue weighted by Gasteiger charge is -2.08. The molecule has 4 heteroatoms. The highest BCUT2D eigenvalue weighted by Crippen LogP contribution is 2.11. The molecule has 0 aromatic heterocycles. The van der Waals surface area contributed by atoms with Gasteiger partial charge >= 0.3 is 0 Å².